The largest absolute Gasteiger partial charge is 0.370 e. The summed E-state index contributed by atoms with van der Waals surface area (Å²) >= 11 is 0. The molecule has 3 N–H and O–H groups in total. The van der Waals surface area contributed by atoms with Gasteiger partial charge in [-0.3, -0.25) is 0 Å². The third-order valence-corrected chi connectivity index (χ3v) is 2.50. The maximum absolute atomic E-state index is 5.72. The minimum absolute atomic E-state index is 0.363. The van der Waals surface area contributed by atoms with E-state index in [-0.39, 0.29) is 0 Å². The molecule has 1 heterocycles. The Hall–Kier alpha value is -1.59. The average molecular weight is 209 g/mol. The first-order valence-corrected chi connectivity index (χ1v) is 5.16. The van der Waals surface area contributed by atoms with E-state index < -0.39 is 0 Å². The van der Waals surface area contributed by atoms with Crippen molar-refractivity contribution in [3.05, 3.63) is 12.2 Å². The Labute approximate surface area is 88.0 Å². The number of aromatic nitrogens is 2. The third kappa shape index (κ3) is 2.93. The lowest BCUT2D eigenvalue weighted by Gasteiger charge is -2.11. The van der Waals surface area contributed by atoms with Crippen molar-refractivity contribution in [3.63, 3.8) is 0 Å². The summed E-state index contributed by atoms with van der Waals surface area (Å²) < 4.78 is 4.59. The van der Waals surface area contributed by atoms with Crippen LogP contribution in [0.1, 0.15) is 31.5 Å². The van der Waals surface area contributed by atoms with Crippen LogP contribution in [0.15, 0.2) is 15.9 Å². The third-order valence-electron chi connectivity index (χ3n) is 2.50. The van der Waals surface area contributed by atoms with Crippen LogP contribution in [0.25, 0.3) is 0 Å². The standard InChI is InChI=1S/C9H15N5O/c10-9(13-7-3-1-2-4-7)11-5-8-12-6-15-14-8/h6-7H,1-5H2,(H3,10,11,13). The molecule has 6 nitrogen and oxygen atoms in total. The highest BCUT2D eigenvalue weighted by Gasteiger charge is 2.14. The van der Waals surface area contributed by atoms with Crippen molar-refractivity contribution in [2.45, 2.75) is 38.3 Å². The van der Waals surface area contributed by atoms with Gasteiger partial charge in [-0.2, -0.15) is 4.98 Å². The normalized spacial score (nSPS) is 18.3. The van der Waals surface area contributed by atoms with Gasteiger partial charge < -0.3 is 15.6 Å². The van der Waals surface area contributed by atoms with Crippen LogP contribution in [0.5, 0.6) is 0 Å². The number of guanidine groups is 1. The van der Waals surface area contributed by atoms with E-state index in [1.165, 1.54) is 32.1 Å². The van der Waals surface area contributed by atoms with E-state index in [1.54, 1.807) is 0 Å². The Kier molecular flexibility index (Phi) is 3.16. The molecule has 1 aromatic rings. The summed E-state index contributed by atoms with van der Waals surface area (Å²) in [5.41, 5.74) is 5.72. The van der Waals surface area contributed by atoms with Gasteiger partial charge in [0.1, 0.15) is 6.54 Å². The molecule has 82 valence electrons. The van der Waals surface area contributed by atoms with Crippen molar-refractivity contribution in [2.75, 3.05) is 0 Å². The molecule has 0 saturated heterocycles. The van der Waals surface area contributed by atoms with Gasteiger partial charge in [0.05, 0.1) is 0 Å². The molecular formula is C9H15N5O. The van der Waals surface area contributed by atoms with E-state index in [0.717, 1.165) is 0 Å². The lowest BCUT2D eigenvalue weighted by atomic mass is 10.2. The molecule has 0 spiro atoms. The zero-order valence-corrected chi connectivity index (χ0v) is 8.52. The van der Waals surface area contributed by atoms with E-state index in [0.29, 0.717) is 24.4 Å². The average Bonchev–Trinajstić information content (AvgIpc) is 2.86. The molecular weight excluding hydrogens is 194 g/mol. The van der Waals surface area contributed by atoms with Gasteiger partial charge in [-0.05, 0) is 12.8 Å². The molecule has 0 aromatic carbocycles. The first-order chi connectivity index (χ1) is 7.34. The molecule has 2 rings (SSSR count). The van der Waals surface area contributed by atoms with Gasteiger partial charge in [0.15, 0.2) is 11.8 Å². The predicted molar refractivity (Wildman–Crippen MR) is 55.0 cm³/mol. The quantitative estimate of drug-likeness (QED) is 0.556. The molecule has 15 heavy (non-hydrogen) atoms. The Bertz CT molecular complexity index is 315. The number of hydrogen-bond acceptors (Lipinski definition) is 4. The zero-order chi connectivity index (χ0) is 10.5. The lowest BCUT2D eigenvalue weighted by Crippen LogP contribution is -2.38. The highest BCUT2D eigenvalue weighted by molar-refractivity contribution is 5.78. The van der Waals surface area contributed by atoms with Gasteiger partial charge in [-0.1, -0.05) is 18.0 Å². The van der Waals surface area contributed by atoms with Crippen LogP contribution in [-0.2, 0) is 6.54 Å². The summed E-state index contributed by atoms with van der Waals surface area (Å²) in [6.07, 6.45) is 6.19. The van der Waals surface area contributed by atoms with Crippen LogP contribution in [0.4, 0.5) is 0 Å². The molecule has 1 saturated carbocycles. The number of hydrogen-bond donors (Lipinski definition) is 2. The molecule has 6 heteroatoms. The van der Waals surface area contributed by atoms with Crippen molar-refractivity contribution in [3.8, 4) is 0 Å². The van der Waals surface area contributed by atoms with Crippen LogP contribution >= 0.6 is 0 Å². The number of rotatable bonds is 3. The van der Waals surface area contributed by atoms with Gasteiger partial charge in [0, 0.05) is 6.04 Å². The minimum atomic E-state index is 0.363. The van der Waals surface area contributed by atoms with Crippen molar-refractivity contribution in [1.82, 2.24) is 15.5 Å². The second-order valence-electron chi connectivity index (χ2n) is 3.67. The van der Waals surface area contributed by atoms with Gasteiger partial charge in [0.25, 0.3) is 0 Å². The second kappa shape index (κ2) is 4.77. The van der Waals surface area contributed by atoms with E-state index in [2.05, 4.69) is 25.0 Å². The fraction of sp³-hybridized carbons (Fsp3) is 0.667. The van der Waals surface area contributed by atoms with E-state index in [9.17, 15) is 0 Å². The number of aliphatic imine (C=N–C) groups is 1. The summed E-state index contributed by atoms with van der Waals surface area (Å²) in [6, 6.07) is 0.485. The fourth-order valence-corrected chi connectivity index (χ4v) is 1.74. The summed E-state index contributed by atoms with van der Waals surface area (Å²) in [6.45, 7) is 0.363. The van der Waals surface area contributed by atoms with Crippen molar-refractivity contribution in [1.29, 1.82) is 0 Å². The SMILES string of the molecule is NC(=NCc1ncon1)NC1CCCC1. The van der Waals surface area contributed by atoms with Gasteiger partial charge in [-0.25, -0.2) is 4.99 Å². The van der Waals surface area contributed by atoms with E-state index in [4.69, 9.17) is 5.73 Å². The Morgan fingerprint density at radius 1 is 1.60 bits per heavy atom. The maximum Gasteiger partial charge on any atom is 0.213 e. The predicted octanol–water partition coefficient (Wildman–Crippen LogP) is 0.416. The fourth-order valence-electron chi connectivity index (χ4n) is 1.74. The van der Waals surface area contributed by atoms with Crippen LogP contribution < -0.4 is 11.1 Å². The molecule has 1 aromatic heterocycles. The molecule has 1 fully saturated rings. The smallest absolute Gasteiger partial charge is 0.213 e. The van der Waals surface area contributed by atoms with Crippen LogP contribution in [0.2, 0.25) is 0 Å². The zero-order valence-electron chi connectivity index (χ0n) is 8.52. The maximum atomic E-state index is 5.72. The number of nitrogens with two attached hydrogens (primary N) is 1. The van der Waals surface area contributed by atoms with Crippen LogP contribution in [-0.4, -0.2) is 22.1 Å². The molecule has 1 aliphatic carbocycles. The molecule has 0 radical (unpaired) electrons. The first-order valence-electron chi connectivity index (χ1n) is 5.16. The van der Waals surface area contributed by atoms with Crippen molar-refractivity contribution >= 4 is 5.96 Å². The minimum Gasteiger partial charge on any atom is -0.370 e. The summed E-state index contributed by atoms with van der Waals surface area (Å²) in [4.78, 5) is 7.98. The molecule has 0 aliphatic heterocycles. The Morgan fingerprint density at radius 2 is 2.40 bits per heavy atom. The number of nitrogens with zero attached hydrogens (tertiary/aromatic N) is 3. The molecule has 0 bridgehead atoms. The van der Waals surface area contributed by atoms with Crippen LogP contribution in [0.3, 0.4) is 0 Å². The van der Waals surface area contributed by atoms with Crippen molar-refractivity contribution < 1.29 is 4.52 Å². The number of nitrogens with one attached hydrogen (secondary N) is 1. The molecule has 0 amide bonds. The summed E-state index contributed by atoms with van der Waals surface area (Å²) in [5.74, 6) is 1.01. The Morgan fingerprint density at radius 3 is 3.07 bits per heavy atom. The molecule has 0 atom stereocenters. The van der Waals surface area contributed by atoms with Crippen molar-refractivity contribution in [2.24, 2.45) is 10.7 Å². The lowest BCUT2D eigenvalue weighted by molar-refractivity contribution is 0.410. The Balaban J connectivity index is 1.79. The molecule has 1 aliphatic rings. The molecule has 0 unspecified atom stereocenters. The van der Waals surface area contributed by atoms with Gasteiger partial charge in [0.2, 0.25) is 6.39 Å². The second-order valence-corrected chi connectivity index (χ2v) is 3.67. The highest BCUT2D eigenvalue weighted by Crippen LogP contribution is 2.17. The van der Waals surface area contributed by atoms with Gasteiger partial charge in [-0.15, -0.1) is 0 Å². The van der Waals surface area contributed by atoms with Gasteiger partial charge >= 0.3 is 0 Å². The highest BCUT2D eigenvalue weighted by atomic mass is 16.5. The summed E-state index contributed by atoms with van der Waals surface area (Å²) in [5, 5.41) is 6.83. The van der Waals surface area contributed by atoms with E-state index in [1.807, 2.05) is 0 Å². The van der Waals surface area contributed by atoms with E-state index >= 15 is 0 Å². The van der Waals surface area contributed by atoms with Crippen LogP contribution in [0, 0.1) is 0 Å². The first kappa shape index (κ1) is 9.95. The monoisotopic (exact) mass is 209 g/mol. The summed E-state index contributed by atoms with van der Waals surface area (Å²) in [7, 11) is 0. The topological polar surface area (TPSA) is 89.3 Å².